The van der Waals surface area contributed by atoms with Crippen LogP contribution in [0.2, 0.25) is 0 Å². The first kappa shape index (κ1) is 33.0. The number of nitrogens with two attached hydrogens (primary N) is 3. The second-order valence-corrected chi connectivity index (χ2v) is 9.34. The molecule has 17 nitrogen and oxygen atoms in total. The van der Waals surface area contributed by atoms with Crippen molar-refractivity contribution in [1.82, 2.24) is 20.9 Å². The molecular formula is C25H34N8O9. The molecule has 0 saturated carbocycles. The maximum atomic E-state index is 13.0. The molecule has 1 heterocycles. The number of aliphatic carboxylic acids is 3. The van der Waals surface area contributed by atoms with Gasteiger partial charge >= 0.3 is 17.9 Å². The van der Waals surface area contributed by atoms with Gasteiger partial charge in [0.25, 0.3) is 0 Å². The van der Waals surface area contributed by atoms with Crippen molar-refractivity contribution < 1.29 is 44.1 Å². The van der Waals surface area contributed by atoms with Gasteiger partial charge in [-0.1, -0.05) is 18.2 Å². The van der Waals surface area contributed by atoms with Crippen LogP contribution in [0.4, 0.5) is 0 Å². The number of fused-ring (bicyclic) bond motifs is 1. The molecular weight excluding hydrogens is 556 g/mol. The molecule has 0 aliphatic carbocycles. The number of nitrogens with zero attached hydrogens (tertiary/aromatic N) is 1. The standard InChI is InChI=1S/C25H34N8O9/c26-14(8-12-11-30-15-5-2-1-4-13(12)15)21(38)32-17(9-19(34)35)23(40)33-18(10-20(36)37)22(39)31-16(24(41)42)6-3-7-29-25(27)28/h1-2,4-5,11,14,16-18,30H,3,6-10,26H2,(H,31,39)(H,32,38)(H,33,40)(H,34,35)(H,36,37)(H,41,42)(H4,27,28,29)/t14-,16-,17-,18-/m0/s1. The third-order valence-electron chi connectivity index (χ3n) is 6.03. The Bertz CT molecular complexity index is 1340. The number of guanidine groups is 1. The number of para-hydroxylation sites is 1. The maximum Gasteiger partial charge on any atom is 0.326 e. The lowest BCUT2D eigenvalue weighted by Gasteiger charge is -2.24. The number of aromatic amines is 1. The van der Waals surface area contributed by atoms with Gasteiger partial charge in [0, 0.05) is 23.6 Å². The van der Waals surface area contributed by atoms with Gasteiger partial charge in [-0.3, -0.25) is 29.0 Å². The number of hydrogen-bond donors (Lipinski definition) is 10. The van der Waals surface area contributed by atoms with E-state index in [9.17, 15) is 44.1 Å². The molecule has 0 saturated heterocycles. The maximum absolute atomic E-state index is 13.0. The number of aromatic nitrogens is 1. The average molecular weight is 591 g/mol. The van der Waals surface area contributed by atoms with Crippen molar-refractivity contribution in [2.24, 2.45) is 22.2 Å². The van der Waals surface area contributed by atoms with Crippen molar-refractivity contribution in [3.05, 3.63) is 36.0 Å². The Morgan fingerprint density at radius 2 is 1.38 bits per heavy atom. The van der Waals surface area contributed by atoms with Crippen LogP contribution >= 0.6 is 0 Å². The monoisotopic (exact) mass is 590 g/mol. The molecule has 3 amide bonds. The van der Waals surface area contributed by atoms with E-state index in [1.165, 1.54) is 0 Å². The Balaban J connectivity index is 2.11. The molecule has 1 aromatic heterocycles. The number of carboxylic acid groups (broad SMARTS) is 3. The lowest BCUT2D eigenvalue weighted by molar-refractivity contribution is -0.145. The number of H-pyrrole nitrogens is 1. The molecule has 228 valence electrons. The van der Waals surface area contributed by atoms with E-state index in [2.05, 4.69) is 25.9 Å². The number of nitrogens with one attached hydrogen (secondary N) is 4. The lowest BCUT2D eigenvalue weighted by Crippen LogP contribution is -2.58. The molecule has 0 unspecified atom stereocenters. The number of hydrogen-bond acceptors (Lipinski definition) is 8. The number of carboxylic acids is 3. The highest BCUT2D eigenvalue weighted by atomic mass is 16.4. The van der Waals surface area contributed by atoms with Gasteiger partial charge in [0.05, 0.1) is 18.9 Å². The summed E-state index contributed by atoms with van der Waals surface area (Å²) in [6.07, 6.45) is -0.151. The smallest absolute Gasteiger partial charge is 0.326 e. The third-order valence-corrected chi connectivity index (χ3v) is 6.03. The molecule has 1 aromatic carbocycles. The quantitative estimate of drug-likeness (QED) is 0.0523. The number of benzene rings is 1. The Morgan fingerprint density at radius 3 is 1.93 bits per heavy atom. The van der Waals surface area contributed by atoms with E-state index in [1.54, 1.807) is 12.3 Å². The van der Waals surface area contributed by atoms with Crippen molar-refractivity contribution in [1.29, 1.82) is 0 Å². The lowest BCUT2D eigenvalue weighted by atomic mass is 10.0. The zero-order chi connectivity index (χ0) is 31.4. The number of rotatable bonds is 17. The molecule has 42 heavy (non-hydrogen) atoms. The second-order valence-electron chi connectivity index (χ2n) is 9.34. The minimum absolute atomic E-state index is 0.0427. The minimum Gasteiger partial charge on any atom is -0.481 e. The predicted molar refractivity (Wildman–Crippen MR) is 148 cm³/mol. The normalized spacial score (nSPS) is 13.6. The van der Waals surface area contributed by atoms with Crippen LogP contribution in [-0.2, 0) is 35.2 Å². The molecule has 4 atom stereocenters. The van der Waals surface area contributed by atoms with Crippen molar-refractivity contribution in [3.8, 4) is 0 Å². The highest BCUT2D eigenvalue weighted by molar-refractivity contribution is 5.97. The summed E-state index contributed by atoms with van der Waals surface area (Å²) in [5.74, 6) is -7.86. The Kier molecular flexibility index (Phi) is 12.2. The first-order valence-electron chi connectivity index (χ1n) is 12.7. The fourth-order valence-electron chi connectivity index (χ4n) is 3.98. The van der Waals surface area contributed by atoms with Crippen LogP contribution in [0.1, 0.15) is 31.2 Å². The summed E-state index contributed by atoms with van der Waals surface area (Å²) in [6, 6.07) is 1.06. The fourth-order valence-corrected chi connectivity index (χ4v) is 3.98. The van der Waals surface area contributed by atoms with Crippen LogP contribution in [0, 0.1) is 0 Å². The molecule has 2 rings (SSSR count). The summed E-state index contributed by atoms with van der Waals surface area (Å²) in [4.78, 5) is 79.7. The number of amides is 3. The second kappa shape index (κ2) is 15.6. The average Bonchev–Trinajstić information content (AvgIpc) is 3.31. The van der Waals surface area contributed by atoms with Gasteiger partial charge in [-0.15, -0.1) is 0 Å². The van der Waals surface area contributed by atoms with Crippen LogP contribution in [0.15, 0.2) is 35.5 Å². The van der Waals surface area contributed by atoms with Crippen LogP contribution < -0.4 is 33.2 Å². The first-order chi connectivity index (χ1) is 19.8. The van der Waals surface area contributed by atoms with Crippen LogP contribution in [-0.4, -0.2) is 92.6 Å². The Morgan fingerprint density at radius 1 is 0.833 bits per heavy atom. The molecule has 0 fully saturated rings. The summed E-state index contributed by atoms with van der Waals surface area (Å²) in [6.45, 7) is 0.0658. The first-order valence-corrected chi connectivity index (χ1v) is 12.7. The molecule has 17 heteroatoms. The van der Waals surface area contributed by atoms with Gasteiger partial charge in [-0.25, -0.2) is 4.79 Å². The van der Waals surface area contributed by atoms with E-state index in [0.717, 1.165) is 10.9 Å². The van der Waals surface area contributed by atoms with Crippen LogP contribution in [0.25, 0.3) is 10.9 Å². The SMILES string of the molecule is NC(N)=NCCC[C@H](NC(=O)[C@H](CC(=O)O)NC(=O)[C@H](CC(=O)O)NC(=O)[C@@H](N)Cc1c[nH]c2ccccc12)C(=O)O. The van der Waals surface area contributed by atoms with Gasteiger partial charge in [0.1, 0.15) is 18.1 Å². The number of carbonyl (C=O) groups excluding carboxylic acids is 3. The summed E-state index contributed by atoms with van der Waals surface area (Å²) >= 11 is 0. The van der Waals surface area contributed by atoms with E-state index in [4.69, 9.17) is 17.2 Å². The molecule has 13 N–H and O–H groups in total. The fraction of sp³-hybridized carbons (Fsp3) is 0.400. The van der Waals surface area contributed by atoms with Gasteiger partial charge in [0.2, 0.25) is 17.7 Å². The van der Waals surface area contributed by atoms with E-state index < -0.39 is 72.6 Å². The summed E-state index contributed by atoms with van der Waals surface area (Å²) in [5.41, 5.74) is 18.0. The highest BCUT2D eigenvalue weighted by Gasteiger charge is 2.32. The van der Waals surface area contributed by atoms with Crippen molar-refractivity contribution >= 4 is 52.5 Å². The summed E-state index contributed by atoms with van der Waals surface area (Å²) in [5, 5.41) is 35.2. The van der Waals surface area contributed by atoms with E-state index in [0.29, 0.717) is 5.56 Å². The van der Waals surface area contributed by atoms with Gasteiger partial charge < -0.3 is 53.5 Å². The molecule has 2 aromatic rings. The zero-order valence-corrected chi connectivity index (χ0v) is 22.4. The molecule has 0 spiro atoms. The molecule has 0 bridgehead atoms. The third kappa shape index (κ3) is 10.4. The molecule has 0 aliphatic heterocycles. The van der Waals surface area contributed by atoms with Gasteiger partial charge in [-0.05, 0) is 30.9 Å². The van der Waals surface area contributed by atoms with E-state index in [1.807, 2.05) is 18.2 Å². The van der Waals surface area contributed by atoms with Crippen LogP contribution in [0.3, 0.4) is 0 Å². The van der Waals surface area contributed by atoms with E-state index >= 15 is 0 Å². The van der Waals surface area contributed by atoms with Gasteiger partial charge in [-0.2, -0.15) is 0 Å². The molecule has 0 aliphatic rings. The number of aliphatic imine (C=N–C) groups is 1. The van der Waals surface area contributed by atoms with Gasteiger partial charge in [0.15, 0.2) is 5.96 Å². The topological polar surface area (TPSA) is 305 Å². The van der Waals surface area contributed by atoms with Crippen molar-refractivity contribution in [2.75, 3.05) is 6.54 Å². The largest absolute Gasteiger partial charge is 0.481 e. The Hall–Kier alpha value is -5.19. The molecule has 0 radical (unpaired) electrons. The Labute approximate surface area is 238 Å². The predicted octanol–water partition coefficient (Wildman–Crippen LogP) is -2.42. The summed E-state index contributed by atoms with van der Waals surface area (Å²) < 4.78 is 0. The van der Waals surface area contributed by atoms with Crippen molar-refractivity contribution in [2.45, 2.75) is 56.3 Å². The minimum atomic E-state index is -1.80. The highest BCUT2D eigenvalue weighted by Crippen LogP contribution is 2.18. The summed E-state index contributed by atoms with van der Waals surface area (Å²) in [7, 11) is 0. The van der Waals surface area contributed by atoms with Crippen LogP contribution in [0.5, 0.6) is 0 Å². The number of carbonyl (C=O) groups is 6. The van der Waals surface area contributed by atoms with E-state index in [-0.39, 0.29) is 31.8 Å². The van der Waals surface area contributed by atoms with Crippen molar-refractivity contribution in [3.63, 3.8) is 0 Å². The zero-order valence-electron chi connectivity index (χ0n) is 22.4.